The Labute approximate surface area is 89.6 Å². The summed E-state index contributed by atoms with van der Waals surface area (Å²) in [6.07, 6.45) is 1.63. The van der Waals surface area contributed by atoms with E-state index in [2.05, 4.69) is 10.3 Å². The summed E-state index contributed by atoms with van der Waals surface area (Å²) < 4.78 is 10.2. The number of ether oxygens (including phenoxy) is 2. The van der Waals surface area contributed by atoms with Gasteiger partial charge in [0.1, 0.15) is 5.82 Å². The number of rotatable bonds is 6. The van der Waals surface area contributed by atoms with Crippen molar-refractivity contribution >= 4 is 11.5 Å². The first-order chi connectivity index (χ1) is 7.26. The number of hydrogen-bond donors (Lipinski definition) is 2. The van der Waals surface area contributed by atoms with Gasteiger partial charge in [0.15, 0.2) is 0 Å². The number of nitrogen functional groups attached to an aromatic ring is 1. The molecule has 0 amide bonds. The second-order valence-electron chi connectivity index (χ2n) is 3.17. The zero-order valence-electron chi connectivity index (χ0n) is 9.06. The first kappa shape index (κ1) is 11.7. The summed E-state index contributed by atoms with van der Waals surface area (Å²) in [5.41, 5.74) is 6.17. The van der Waals surface area contributed by atoms with Crippen molar-refractivity contribution in [3.8, 4) is 0 Å². The fourth-order valence-electron chi connectivity index (χ4n) is 1.12. The van der Waals surface area contributed by atoms with Crippen molar-refractivity contribution < 1.29 is 9.47 Å². The Hall–Kier alpha value is -1.33. The van der Waals surface area contributed by atoms with Crippen LogP contribution in [0.4, 0.5) is 11.5 Å². The standard InChI is InChI=1S/C10H17N3O2/c1-14-7-9(15-2)6-13-10-4-3-8(11)5-12-10/h3-5,9H,6-7,11H2,1-2H3,(H,12,13). The summed E-state index contributed by atoms with van der Waals surface area (Å²) in [4.78, 5) is 4.11. The molecule has 0 bridgehead atoms. The van der Waals surface area contributed by atoms with Crippen LogP contribution in [0.1, 0.15) is 0 Å². The highest BCUT2D eigenvalue weighted by Gasteiger charge is 2.06. The van der Waals surface area contributed by atoms with Crippen LogP contribution >= 0.6 is 0 Å². The molecule has 1 heterocycles. The van der Waals surface area contributed by atoms with Crippen molar-refractivity contribution in [3.05, 3.63) is 18.3 Å². The van der Waals surface area contributed by atoms with Crippen molar-refractivity contribution in [1.29, 1.82) is 0 Å². The highest BCUT2D eigenvalue weighted by atomic mass is 16.5. The van der Waals surface area contributed by atoms with E-state index in [1.807, 2.05) is 6.07 Å². The number of pyridine rings is 1. The topological polar surface area (TPSA) is 69.4 Å². The first-order valence-corrected chi connectivity index (χ1v) is 4.73. The molecule has 15 heavy (non-hydrogen) atoms. The van der Waals surface area contributed by atoms with Crippen LogP contribution in [0.2, 0.25) is 0 Å². The Bertz CT molecular complexity index is 277. The molecular formula is C10H17N3O2. The number of aromatic nitrogens is 1. The van der Waals surface area contributed by atoms with E-state index in [0.717, 1.165) is 5.82 Å². The highest BCUT2D eigenvalue weighted by molar-refractivity contribution is 5.43. The summed E-state index contributed by atoms with van der Waals surface area (Å²) in [5.74, 6) is 0.780. The molecule has 0 aliphatic rings. The maximum Gasteiger partial charge on any atom is 0.126 e. The lowest BCUT2D eigenvalue weighted by Gasteiger charge is -2.15. The second kappa shape index (κ2) is 6.21. The molecule has 0 spiro atoms. The van der Waals surface area contributed by atoms with Crippen molar-refractivity contribution in [2.45, 2.75) is 6.10 Å². The molecule has 0 fully saturated rings. The minimum absolute atomic E-state index is 0.0225. The molecule has 1 unspecified atom stereocenters. The zero-order valence-corrected chi connectivity index (χ0v) is 9.06. The maximum absolute atomic E-state index is 5.52. The summed E-state index contributed by atoms with van der Waals surface area (Å²) in [6, 6.07) is 3.63. The van der Waals surface area contributed by atoms with Gasteiger partial charge in [0.25, 0.3) is 0 Å². The first-order valence-electron chi connectivity index (χ1n) is 4.73. The molecule has 3 N–H and O–H groups in total. The van der Waals surface area contributed by atoms with Gasteiger partial charge in [0.05, 0.1) is 24.6 Å². The molecule has 5 nitrogen and oxygen atoms in total. The van der Waals surface area contributed by atoms with Gasteiger partial charge in [-0.2, -0.15) is 0 Å². The molecule has 0 saturated carbocycles. The molecule has 0 aromatic carbocycles. The second-order valence-corrected chi connectivity index (χ2v) is 3.17. The van der Waals surface area contributed by atoms with E-state index in [9.17, 15) is 0 Å². The smallest absolute Gasteiger partial charge is 0.126 e. The van der Waals surface area contributed by atoms with Gasteiger partial charge in [-0.05, 0) is 12.1 Å². The average molecular weight is 211 g/mol. The van der Waals surface area contributed by atoms with Crippen LogP contribution in [0.25, 0.3) is 0 Å². The van der Waals surface area contributed by atoms with E-state index in [4.69, 9.17) is 15.2 Å². The van der Waals surface area contributed by atoms with Crippen LogP contribution in [-0.2, 0) is 9.47 Å². The monoisotopic (exact) mass is 211 g/mol. The van der Waals surface area contributed by atoms with Crippen molar-refractivity contribution in [2.75, 3.05) is 38.4 Å². The lowest BCUT2D eigenvalue weighted by atomic mass is 10.3. The van der Waals surface area contributed by atoms with E-state index in [1.54, 1.807) is 26.5 Å². The third-order valence-corrected chi connectivity index (χ3v) is 1.98. The van der Waals surface area contributed by atoms with Gasteiger partial charge in [-0.15, -0.1) is 0 Å². The van der Waals surface area contributed by atoms with Gasteiger partial charge in [-0.3, -0.25) is 0 Å². The third kappa shape index (κ3) is 4.14. The van der Waals surface area contributed by atoms with E-state index < -0.39 is 0 Å². The van der Waals surface area contributed by atoms with Crippen molar-refractivity contribution in [2.24, 2.45) is 0 Å². The van der Waals surface area contributed by atoms with E-state index in [0.29, 0.717) is 18.8 Å². The molecule has 0 saturated heterocycles. The molecule has 0 aliphatic heterocycles. The Kier molecular flexibility index (Phi) is 4.86. The van der Waals surface area contributed by atoms with Gasteiger partial charge >= 0.3 is 0 Å². The van der Waals surface area contributed by atoms with Gasteiger partial charge in [0, 0.05) is 20.8 Å². The zero-order chi connectivity index (χ0) is 11.1. The van der Waals surface area contributed by atoms with Crippen LogP contribution in [0, 0.1) is 0 Å². The highest BCUT2D eigenvalue weighted by Crippen LogP contribution is 2.06. The molecule has 1 aromatic heterocycles. The number of nitrogens with zero attached hydrogens (tertiary/aromatic N) is 1. The number of methoxy groups -OCH3 is 2. The maximum atomic E-state index is 5.52. The summed E-state index contributed by atoms with van der Waals surface area (Å²) in [6.45, 7) is 1.21. The summed E-state index contributed by atoms with van der Waals surface area (Å²) >= 11 is 0. The minimum atomic E-state index is 0.0225. The van der Waals surface area contributed by atoms with Crippen LogP contribution in [0.15, 0.2) is 18.3 Å². The predicted octanol–water partition coefficient (Wildman–Crippen LogP) is 0.737. The Morgan fingerprint density at radius 3 is 2.80 bits per heavy atom. The van der Waals surface area contributed by atoms with E-state index in [-0.39, 0.29) is 6.10 Å². The van der Waals surface area contributed by atoms with Crippen molar-refractivity contribution in [3.63, 3.8) is 0 Å². The lowest BCUT2D eigenvalue weighted by molar-refractivity contribution is 0.0365. The number of nitrogens with two attached hydrogens (primary N) is 1. The Balaban J connectivity index is 2.38. The molecule has 0 radical (unpaired) electrons. The van der Waals surface area contributed by atoms with Gasteiger partial charge in [-0.1, -0.05) is 0 Å². The van der Waals surface area contributed by atoms with Crippen LogP contribution in [-0.4, -0.2) is 38.5 Å². The number of nitrogens with one attached hydrogen (secondary N) is 1. The van der Waals surface area contributed by atoms with Crippen LogP contribution in [0.3, 0.4) is 0 Å². The largest absolute Gasteiger partial charge is 0.397 e. The molecule has 1 rings (SSSR count). The SMILES string of the molecule is COCC(CNc1ccc(N)cn1)OC. The number of hydrogen-bond acceptors (Lipinski definition) is 5. The summed E-state index contributed by atoms with van der Waals surface area (Å²) in [5, 5.41) is 3.14. The lowest BCUT2D eigenvalue weighted by Crippen LogP contribution is -2.26. The molecule has 0 aliphatic carbocycles. The van der Waals surface area contributed by atoms with Crippen LogP contribution in [0.5, 0.6) is 0 Å². The molecule has 1 atom stereocenters. The minimum Gasteiger partial charge on any atom is -0.397 e. The van der Waals surface area contributed by atoms with Crippen LogP contribution < -0.4 is 11.1 Å². The Morgan fingerprint density at radius 2 is 2.27 bits per heavy atom. The molecule has 5 heteroatoms. The third-order valence-electron chi connectivity index (χ3n) is 1.98. The van der Waals surface area contributed by atoms with Gasteiger partial charge < -0.3 is 20.5 Å². The molecular weight excluding hydrogens is 194 g/mol. The Morgan fingerprint density at radius 1 is 1.47 bits per heavy atom. The van der Waals surface area contributed by atoms with Gasteiger partial charge in [-0.25, -0.2) is 4.98 Å². The summed E-state index contributed by atoms with van der Waals surface area (Å²) in [7, 11) is 3.30. The fourth-order valence-corrected chi connectivity index (χ4v) is 1.12. The fraction of sp³-hybridized carbons (Fsp3) is 0.500. The average Bonchev–Trinajstić information content (AvgIpc) is 2.26. The normalized spacial score (nSPS) is 12.4. The van der Waals surface area contributed by atoms with E-state index >= 15 is 0 Å². The van der Waals surface area contributed by atoms with Crippen molar-refractivity contribution in [1.82, 2.24) is 4.98 Å². The molecule has 84 valence electrons. The molecule has 1 aromatic rings. The van der Waals surface area contributed by atoms with Gasteiger partial charge in [0.2, 0.25) is 0 Å². The predicted molar refractivity (Wildman–Crippen MR) is 59.8 cm³/mol. The number of anilines is 2. The quantitative estimate of drug-likeness (QED) is 0.726. The van der Waals surface area contributed by atoms with E-state index in [1.165, 1.54) is 0 Å².